The summed E-state index contributed by atoms with van der Waals surface area (Å²) in [5.41, 5.74) is 0.834. The molecule has 0 bridgehead atoms. The predicted octanol–water partition coefficient (Wildman–Crippen LogP) is 1.18. The largest absolute Gasteiger partial charge is 0.435 e. The maximum atomic E-state index is 13.0. The molecule has 6 nitrogen and oxygen atoms in total. The zero-order chi connectivity index (χ0) is 17.1. The second kappa shape index (κ2) is 6.98. The van der Waals surface area contributed by atoms with E-state index in [1.54, 1.807) is 30.7 Å². The maximum Gasteiger partial charge on any atom is 0.250 e. The summed E-state index contributed by atoms with van der Waals surface area (Å²) < 4.78 is 18.8. The lowest BCUT2D eigenvalue weighted by Crippen LogP contribution is -3.13. The molecule has 4 rings (SSSR count). The third-order valence-corrected chi connectivity index (χ3v) is 4.39. The van der Waals surface area contributed by atoms with Gasteiger partial charge >= 0.3 is 0 Å². The second-order valence-electron chi connectivity index (χ2n) is 6.09. The molecule has 3 heterocycles. The number of anilines is 1. The van der Waals surface area contributed by atoms with E-state index in [1.807, 2.05) is 6.07 Å². The summed E-state index contributed by atoms with van der Waals surface area (Å²) in [6, 6.07) is 8.07. The minimum Gasteiger partial charge on any atom is -0.435 e. The van der Waals surface area contributed by atoms with Gasteiger partial charge in [0.1, 0.15) is 5.82 Å². The molecule has 0 unspecified atom stereocenters. The van der Waals surface area contributed by atoms with Crippen LogP contribution in [0.25, 0.3) is 11.3 Å². The second-order valence-corrected chi connectivity index (χ2v) is 6.09. The van der Waals surface area contributed by atoms with Gasteiger partial charge in [0.2, 0.25) is 5.95 Å². The fourth-order valence-corrected chi connectivity index (χ4v) is 3.01. The first-order valence-corrected chi connectivity index (χ1v) is 8.34. The van der Waals surface area contributed by atoms with Crippen molar-refractivity contribution in [3.05, 3.63) is 60.6 Å². The van der Waals surface area contributed by atoms with Gasteiger partial charge in [-0.2, -0.15) is 0 Å². The Balaban J connectivity index is 1.35. The molecule has 25 heavy (non-hydrogen) atoms. The van der Waals surface area contributed by atoms with Crippen molar-refractivity contribution in [3.8, 4) is 11.3 Å². The molecule has 1 N–H and O–H groups in total. The van der Waals surface area contributed by atoms with E-state index in [-0.39, 0.29) is 5.82 Å². The minimum atomic E-state index is -0.256. The smallest absolute Gasteiger partial charge is 0.250 e. The van der Waals surface area contributed by atoms with E-state index in [9.17, 15) is 4.39 Å². The first kappa shape index (κ1) is 15.7. The van der Waals surface area contributed by atoms with E-state index in [0.717, 1.165) is 44.2 Å². The van der Waals surface area contributed by atoms with Gasteiger partial charge in [-0.15, -0.1) is 0 Å². The number of piperazine rings is 1. The molecule has 1 fully saturated rings. The van der Waals surface area contributed by atoms with Crippen molar-refractivity contribution < 1.29 is 13.7 Å². The summed E-state index contributed by atoms with van der Waals surface area (Å²) in [5, 5.41) is 0. The molecule has 0 spiro atoms. The standard InChI is InChI=1S/C18H18FN5O/c19-15-4-2-14(3-5-15)16-12-22-17(25-16)13-23-8-10-24(11-9-23)18-20-6-1-7-21-18/h1-7,12H,8-11,13H2/p+1. The van der Waals surface area contributed by atoms with Crippen LogP contribution in [0.15, 0.2) is 53.3 Å². The molecule has 1 aromatic carbocycles. The minimum absolute atomic E-state index is 0.256. The van der Waals surface area contributed by atoms with Crippen molar-refractivity contribution in [3.63, 3.8) is 0 Å². The van der Waals surface area contributed by atoms with Crippen molar-refractivity contribution in [2.24, 2.45) is 0 Å². The van der Waals surface area contributed by atoms with Crippen LogP contribution in [0.1, 0.15) is 5.89 Å². The van der Waals surface area contributed by atoms with Gasteiger partial charge in [-0.25, -0.2) is 19.3 Å². The molecule has 128 valence electrons. The number of benzene rings is 1. The van der Waals surface area contributed by atoms with Gasteiger partial charge in [-0.1, -0.05) is 0 Å². The topological polar surface area (TPSA) is 59.5 Å². The first-order chi connectivity index (χ1) is 12.3. The highest BCUT2D eigenvalue weighted by atomic mass is 19.1. The SMILES string of the molecule is Fc1ccc(-c2cnc(C[NH+]3CCN(c4ncccn4)CC3)o2)cc1. The molecule has 3 aromatic rings. The number of halogens is 1. The first-order valence-electron chi connectivity index (χ1n) is 8.34. The van der Waals surface area contributed by atoms with Crippen LogP contribution in [0.3, 0.4) is 0 Å². The van der Waals surface area contributed by atoms with Gasteiger partial charge in [0.05, 0.1) is 32.4 Å². The molecule has 0 amide bonds. The summed E-state index contributed by atoms with van der Waals surface area (Å²) in [6.45, 7) is 4.51. The normalized spacial score (nSPS) is 15.5. The Kier molecular flexibility index (Phi) is 4.39. The van der Waals surface area contributed by atoms with E-state index >= 15 is 0 Å². The highest BCUT2D eigenvalue weighted by Crippen LogP contribution is 2.20. The van der Waals surface area contributed by atoms with Crippen LogP contribution >= 0.6 is 0 Å². The van der Waals surface area contributed by atoms with Crippen LogP contribution in [0.5, 0.6) is 0 Å². The Morgan fingerprint density at radius 2 is 1.76 bits per heavy atom. The lowest BCUT2D eigenvalue weighted by molar-refractivity contribution is -0.915. The Morgan fingerprint density at radius 1 is 1.04 bits per heavy atom. The van der Waals surface area contributed by atoms with Crippen molar-refractivity contribution in [1.29, 1.82) is 0 Å². The molecule has 0 atom stereocenters. The highest BCUT2D eigenvalue weighted by Gasteiger charge is 2.23. The monoisotopic (exact) mass is 340 g/mol. The van der Waals surface area contributed by atoms with Crippen molar-refractivity contribution in [1.82, 2.24) is 15.0 Å². The number of hydrogen-bond donors (Lipinski definition) is 1. The molecule has 0 aliphatic carbocycles. The van der Waals surface area contributed by atoms with Crippen LogP contribution < -0.4 is 9.80 Å². The van der Waals surface area contributed by atoms with E-state index in [2.05, 4.69) is 19.9 Å². The predicted molar refractivity (Wildman–Crippen MR) is 90.5 cm³/mol. The van der Waals surface area contributed by atoms with E-state index < -0.39 is 0 Å². The number of oxazole rings is 1. The van der Waals surface area contributed by atoms with E-state index in [0.29, 0.717) is 11.7 Å². The van der Waals surface area contributed by atoms with E-state index in [4.69, 9.17) is 4.42 Å². The number of hydrogen-bond acceptors (Lipinski definition) is 5. The zero-order valence-electron chi connectivity index (χ0n) is 13.7. The molecule has 2 aromatic heterocycles. The Bertz CT molecular complexity index is 813. The molecular formula is C18H19FN5O+. The lowest BCUT2D eigenvalue weighted by atomic mass is 10.2. The average molecular weight is 340 g/mol. The Hall–Kier alpha value is -2.80. The molecule has 7 heteroatoms. The number of nitrogens with one attached hydrogen (secondary N) is 1. The highest BCUT2D eigenvalue weighted by molar-refractivity contribution is 5.55. The quantitative estimate of drug-likeness (QED) is 0.773. The average Bonchev–Trinajstić information content (AvgIpc) is 3.12. The Labute approximate surface area is 145 Å². The van der Waals surface area contributed by atoms with Gasteiger partial charge in [0.25, 0.3) is 5.89 Å². The summed E-state index contributed by atoms with van der Waals surface area (Å²) in [4.78, 5) is 16.6. The summed E-state index contributed by atoms with van der Waals surface area (Å²) in [7, 11) is 0. The molecule has 1 aliphatic rings. The van der Waals surface area contributed by atoms with E-state index in [1.165, 1.54) is 17.0 Å². The zero-order valence-corrected chi connectivity index (χ0v) is 13.7. The molecule has 0 radical (unpaired) electrons. The van der Waals surface area contributed by atoms with Crippen molar-refractivity contribution in [2.75, 3.05) is 31.1 Å². The maximum absolute atomic E-state index is 13.0. The summed E-state index contributed by atoms with van der Waals surface area (Å²) in [6.07, 6.45) is 5.24. The number of rotatable bonds is 4. The van der Waals surface area contributed by atoms with Crippen molar-refractivity contribution >= 4 is 5.95 Å². The molecule has 0 saturated carbocycles. The van der Waals surface area contributed by atoms with Gasteiger partial charge in [-0.3, -0.25) is 0 Å². The van der Waals surface area contributed by atoms with Gasteiger partial charge in [-0.05, 0) is 30.3 Å². The molecule has 1 aliphatic heterocycles. The van der Waals surface area contributed by atoms with Crippen LogP contribution in [0.2, 0.25) is 0 Å². The van der Waals surface area contributed by atoms with Gasteiger partial charge < -0.3 is 14.2 Å². The fraction of sp³-hybridized carbons (Fsp3) is 0.278. The molecular weight excluding hydrogens is 321 g/mol. The summed E-state index contributed by atoms with van der Waals surface area (Å²) in [5.74, 6) is 1.91. The van der Waals surface area contributed by atoms with Crippen LogP contribution in [-0.2, 0) is 6.54 Å². The van der Waals surface area contributed by atoms with Crippen molar-refractivity contribution in [2.45, 2.75) is 6.54 Å². The third kappa shape index (κ3) is 3.66. The number of quaternary nitrogens is 1. The summed E-state index contributed by atoms with van der Waals surface area (Å²) >= 11 is 0. The van der Waals surface area contributed by atoms with Gasteiger partial charge in [0, 0.05) is 18.0 Å². The van der Waals surface area contributed by atoms with Crippen LogP contribution in [-0.4, -0.2) is 41.1 Å². The third-order valence-electron chi connectivity index (χ3n) is 4.39. The molecule has 1 saturated heterocycles. The Morgan fingerprint density at radius 3 is 2.48 bits per heavy atom. The van der Waals surface area contributed by atoms with Gasteiger partial charge in [0.15, 0.2) is 12.3 Å². The van der Waals surface area contributed by atoms with Crippen LogP contribution in [0, 0.1) is 5.82 Å². The number of aromatic nitrogens is 3. The lowest BCUT2D eigenvalue weighted by Gasteiger charge is -2.31. The number of nitrogens with zero attached hydrogens (tertiary/aromatic N) is 4. The van der Waals surface area contributed by atoms with Crippen LogP contribution in [0.4, 0.5) is 10.3 Å². The fourth-order valence-electron chi connectivity index (χ4n) is 3.01.